The van der Waals surface area contributed by atoms with Crippen LogP contribution in [0.2, 0.25) is 0 Å². The molecule has 82 valence electrons. The molecule has 1 heterocycles. The maximum absolute atomic E-state index is 11.5. The van der Waals surface area contributed by atoms with Crippen molar-refractivity contribution in [2.45, 2.75) is 6.04 Å². The van der Waals surface area contributed by atoms with E-state index in [1.807, 2.05) is 6.07 Å². The number of nitrogens with zero attached hydrogens (tertiary/aromatic N) is 1. The van der Waals surface area contributed by atoms with Crippen molar-refractivity contribution in [3.8, 4) is 6.07 Å². The summed E-state index contributed by atoms with van der Waals surface area (Å²) >= 11 is 0. The number of carbonyl (C=O) groups is 1. The molecule has 0 atom stereocenters. The Labute approximate surface area is 93.5 Å². The molecule has 1 aromatic rings. The minimum Gasteiger partial charge on any atom is -0.333 e. The second kappa shape index (κ2) is 4.64. The van der Waals surface area contributed by atoms with Crippen LogP contribution in [0.4, 0.5) is 10.5 Å². The van der Waals surface area contributed by atoms with Gasteiger partial charge in [-0.1, -0.05) is 6.07 Å². The highest BCUT2D eigenvalue weighted by atomic mass is 16.2. The summed E-state index contributed by atoms with van der Waals surface area (Å²) < 4.78 is 0. The number of rotatable bonds is 2. The molecule has 2 rings (SSSR count). The van der Waals surface area contributed by atoms with Gasteiger partial charge in [0.1, 0.15) is 0 Å². The Hall–Kier alpha value is -2.06. The number of amides is 2. The van der Waals surface area contributed by atoms with Crippen LogP contribution in [-0.2, 0) is 0 Å². The Balaban J connectivity index is 1.92. The molecule has 16 heavy (non-hydrogen) atoms. The lowest BCUT2D eigenvalue weighted by Crippen LogP contribution is -2.57. The van der Waals surface area contributed by atoms with Crippen LogP contribution in [0.5, 0.6) is 0 Å². The molecule has 5 heteroatoms. The van der Waals surface area contributed by atoms with Gasteiger partial charge in [-0.3, -0.25) is 0 Å². The average molecular weight is 216 g/mol. The highest BCUT2D eigenvalue weighted by Gasteiger charge is 2.18. The first-order valence-corrected chi connectivity index (χ1v) is 5.06. The third-order valence-electron chi connectivity index (χ3n) is 2.37. The number of anilines is 1. The molecule has 1 aromatic carbocycles. The van der Waals surface area contributed by atoms with Crippen molar-refractivity contribution in [1.82, 2.24) is 10.6 Å². The SMILES string of the molecule is N#Cc1cccc(NC(=O)NC2CNC2)c1. The largest absolute Gasteiger partial charge is 0.333 e. The van der Waals surface area contributed by atoms with Crippen LogP contribution in [0.1, 0.15) is 5.56 Å². The van der Waals surface area contributed by atoms with E-state index in [9.17, 15) is 4.79 Å². The molecule has 3 N–H and O–H groups in total. The fourth-order valence-corrected chi connectivity index (χ4v) is 1.41. The quantitative estimate of drug-likeness (QED) is 0.679. The maximum atomic E-state index is 11.5. The average Bonchev–Trinajstić information content (AvgIpc) is 2.24. The Bertz CT molecular complexity index is 434. The summed E-state index contributed by atoms with van der Waals surface area (Å²) in [5, 5.41) is 17.3. The normalized spacial score (nSPS) is 14.7. The summed E-state index contributed by atoms with van der Waals surface area (Å²) in [5.74, 6) is 0. The fraction of sp³-hybridized carbons (Fsp3) is 0.273. The van der Waals surface area contributed by atoms with Crippen molar-refractivity contribution in [2.75, 3.05) is 18.4 Å². The van der Waals surface area contributed by atoms with Crippen LogP contribution in [0.25, 0.3) is 0 Å². The second-order valence-corrected chi connectivity index (χ2v) is 3.65. The van der Waals surface area contributed by atoms with Crippen LogP contribution in [0, 0.1) is 11.3 Å². The monoisotopic (exact) mass is 216 g/mol. The molecular formula is C11H12N4O. The van der Waals surface area contributed by atoms with Crippen molar-refractivity contribution in [1.29, 1.82) is 5.26 Å². The van der Waals surface area contributed by atoms with E-state index < -0.39 is 0 Å². The summed E-state index contributed by atoms with van der Waals surface area (Å²) in [6.07, 6.45) is 0. The van der Waals surface area contributed by atoms with E-state index in [1.165, 1.54) is 0 Å². The Morgan fingerprint density at radius 1 is 1.50 bits per heavy atom. The molecule has 0 spiro atoms. The first-order chi connectivity index (χ1) is 7.78. The molecule has 1 saturated heterocycles. The number of benzene rings is 1. The summed E-state index contributed by atoms with van der Waals surface area (Å²) in [6, 6.07) is 8.81. The van der Waals surface area contributed by atoms with E-state index in [4.69, 9.17) is 5.26 Å². The molecule has 1 aliphatic rings. The number of nitrogens with one attached hydrogen (secondary N) is 3. The van der Waals surface area contributed by atoms with Crippen LogP contribution >= 0.6 is 0 Å². The predicted octanol–water partition coefficient (Wildman–Crippen LogP) is 0.652. The highest BCUT2D eigenvalue weighted by Crippen LogP contribution is 2.09. The highest BCUT2D eigenvalue weighted by molar-refractivity contribution is 5.89. The molecule has 0 saturated carbocycles. The maximum Gasteiger partial charge on any atom is 0.319 e. The van der Waals surface area contributed by atoms with Gasteiger partial charge in [0.25, 0.3) is 0 Å². The molecule has 0 radical (unpaired) electrons. The molecule has 2 amide bonds. The van der Waals surface area contributed by atoms with Crippen molar-refractivity contribution in [3.63, 3.8) is 0 Å². The van der Waals surface area contributed by atoms with Gasteiger partial charge in [0, 0.05) is 18.8 Å². The third-order valence-corrected chi connectivity index (χ3v) is 2.37. The first kappa shape index (κ1) is 10.5. The van der Waals surface area contributed by atoms with Gasteiger partial charge in [0.15, 0.2) is 0 Å². The Morgan fingerprint density at radius 3 is 2.94 bits per heavy atom. The molecule has 0 bridgehead atoms. The molecule has 0 unspecified atom stereocenters. The minimum absolute atomic E-state index is 0.208. The van der Waals surface area contributed by atoms with Crippen LogP contribution in [-0.4, -0.2) is 25.2 Å². The fourth-order valence-electron chi connectivity index (χ4n) is 1.41. The van der Waals surface area contributed by atoms with Gasteiger partial charge in [-0.2, -0.15) is 5.26 Å². The molecule has 1 fully saturated rings. The number of hydrogen-bond acceptors (Lipinski definition) is 3. The van der Waals surface area contributed by atoms with Crippen LogP contribution in [0.15, 0.2) is 24.3 Å². The molecule has 0 aromatic heterocycles. The van der Waals surface area contributed by atoms with Gasteiger partial charge in [-0.15, -0.1) is 0 Å². The van der Waals surface area contributed by atoms with Crippen LogP contribution < -0.4 is 16.0 Å². The third kappa shape index (κ3) is 2.49. The molecular weight excluding hydrogens is 204 g/mol. The van der Waals surface area contributed by atoms with E-state index >= 15 is 0 Å². The zero-order chi connectivity index (χ0) is 11.4. The smallest absolute Gasteiger partial charge is 0.319 e. The van der Waals surface area contributed by atoms with Gasteiger partial charge in [0.2, 0.25) is 0 Å². The van der Waals surface area contributed by atoms with E-state index in [1.54, 1.807) is 24.3 Å². The van der Waals surface area contributed by atoms with Crippen molar-refractivity contribution < 1.29 is 4.79 Å². The number of hydrogen-bond donors (Lipinski definition) is 3. The standard InChI is InChI=1S/C11H12N4O/c12-5-8-2-1-3-9(4-8)14-11(16)15-10-6-13-7-10/h1-4,10,13H,6-7H2,(H2,14,15,16). The lowest BCUT2D eigenvalue weighted by atomic mass is 10.2. The molecule has 1 aliphatic heterocycles. The van der Waals surface area contributed by atoms with Gasteiger partial charge >= 0.3 is 6.03 Å². The minimum atomic E-state index is -0.235. The summed E-state index contributed by atoms with van der Waals surface area (Å²) in [7, 11) is 0. The Kier molecular flexibility index (Phi) is 3.03. The lowest BCUT2D eigenvalue weighted by Gasteiger charge is -2.27. The summed E-state index contributed by atoms with van der Waals surface area (Å²) in [5.41, 5.74) is 1.16. The topological polar surface area (TPSA) is 77.0 Å². The van der Waals surface area contributed by atoms with Gasteiger partial charge < -0.3 is 16.0 Å². The van der Waals surface area contributed by atoms with Crippen molar-refractivity contribution in [3.05, 3.63) is 29.8 Å². The molecule has 5 nitrogen and oxygen atoms in total. The van der Waals surface area contributed by atoms with Gasteiger partial charge in [-0.25, -0.2) is 4.79 Å². The van der Waals surface area contributed by atoms with Crippen molar-refractivity contribution in [2.24, 2.45) is 0 Å². The first-order valence-electron chi connectivity index (χ1n) is 5.06. The lowest BCUT2D eigenvalue weighted by molar-refractivity contribution is 0.243. The van der Waals surface area contributed by atoms with E-state index in [0.29, 0.717) is 11.3 Å². The van der Waals surface area contributed by atoms with Crippen LogP contribution in [0.3, 0.4) is 0 Å². The number of nitriles is 1. The van der Waals surface area contributed by atoms with E-state index in [-0.39, 0.29) is 12.1 Å². The zero-order valence-electron chi connectivity index (χ0n) is 8.66. The van der Waals surface area contributed by atoms with Gasteiger partial charge in [-0.05, 0) is 18.2 Å². The summed E-state index contributed by atoms with van der Waals surface area (Å²) in [4.78, 5) is 11.5. The second-order valence-electron chi connectivity index (χ2n) is 3.65. The number of urea groups is 1. The van der Waals surface area contributed by atoms with Gasteiger partial charge in [0.05, 0.1) is 17.7 Å². The van der Waals surface area contributed by atoms with Crippen molar-refractivity contribution >= 4 is 11.7 Å². The molecule has 0 aliphatic carbocycles. The van der Waals surface area contributed by atoms with E-state index in [0.717, 1.165) is 13.1 Å². The number of carbonyl (C=O) groups excluding carboxylic acids is 1. The predicted molar refractivity (Wildman–Crippen MR) is 60.0 cm³/mol. The van der Waals surface area contributed by atoms with E-state index in [2.05, 4.69) is 16.0 Å². The Morgan fingerprint density at radius 2 is 2.31 bits per heavy atom. The zero-order valence-corrected chi connectivity index (χ0v) is 8.66. The summed E-state index contributed by atoms with van der Waals surface area (Å²) in [6.45, 7) is 1.62.